The zero-order chi connectivity index (χ0) is 23.8. The summed E-state index contributed by atoms with van der Waals surface area (Å²) < 4.78 is 7.61. The Morgan fingerprint density at radius 3 is 2.63 bits per heavy atom. The van der Waals surface area contributed by atoms with Crippen LogP contribution in [-0.4, -0.2) is 50.6 Å². The molecule has 1 spiro atoms. The summed E-state index contributed by atoms with van der Waals surface area (Å²) in [6.07, 6.45) is 9.10. The smallest absolute Gasteiger partial charge is 0.232 e. The molecule has 0 aliphatic carbocycles. The Hall–Kier alpha value is -3.72. The van der Waals surface area contributed by atoms with Gasteiger partial charge in [-0.3, -0.25) is 0 Å². The number of fused-ring (bicyclic) bond motifs is 1. The highest BCUT2D eigenvalue weighted by atomic mass is 16.5. The lowest BCUT2D eigenvalue weighted by atomic mass is 9.80. The maximum atomic E-state index is 5.63. The molecular weight excluding hydrogens is 440 g/mol. The first-order valence-electron chi connectivity index (χ1n) is 12.2. The van der Waals surface area contributed by atoms with Crippen LogP contribution in [0.25, 0.3) is 5.65 Å². The Morgan fingerprint density at radius 1 is 0.914 bits per heavy atom. The summed E-state index contributed by atoms with van der Waals surface area (Å²) in [7, 11) is 0. The van der Waals surface area contributed by atoms with Crippen molar-refractivity contribution < 1.29 is 4.74 Å². The van der Waals surface area contributed by atoms with Crippen LogP contribution in [0.4, 0.5) is 29.1 Å². The fourth-order valence-electron chi connectivity index (χ4n) is 5.22. The first kappa shape index (κ1) is 21.8. The summed E-state index contributed by atoms with van der Waals surface area (Å²) in [5.74, 6) is 2.91. The monoisotopic (exact) mass is 470 g/mol. The van der Waals surface area contributed by atoms with Crippen molar-refractivity contribution in [2.75, 3.05) is 41.8 Å². The van der Waals surface area contributed by atoms with Gasteiger partial charge in [0.05, 0.1) is 0 Å². The lowest BCUT2D eigenvalue weighted by molar-refractivity contribution is 0.0254. The molecule has 6 heterocycles. The predicted molar refractivity (Wildman–Crippen MR) is 137 cm³/mol. The fourth-order valence-corrected chi connectivity index (χ4v) is 5.22. The van der Waals surface area contributed by atoms with Gasteiger partial charge in [-0.05, 0) is 62.3 Å². The molecule has 2 fully saturated rings. The number of ether oxygens (including phenoxy) is 1. The quantitative estimate of drug-likeness (QED) is 0.436. The Bertz CT molecular complexity index is 1340. The molecule has 4 aromatic heterocycles. The van der Waals surface area contributed by atoms with E-state index in [-0.39, 0.29) is 0 Å². The van der Waals surface area contributed by atoms with Gasteiger partial charge in [0.25, 0.3) is 0 Å². The Labute approximate surface area is 204 Å². The Kier molecular flexibility index (Phi) is 5.49. The minimum Gasteiger partial charge on any atom is -0.381 e. The van der Waals surface area contributed by atoms with E-state index in [9.17, 15) is 0 Å². The molecule has 0 atom stereocenters. The van der Waals surface area contributed by atoms with Gasteiger partial charge < -0.3 is 24.7 Å². The predicted octanol–water partition coefficient (Wildman–Crippen LogP) is 4.63. The second-order valence-corrected chi connectivity index (χ2v) is 9.75. The lowest BCUT2D eigenvalue weighted by Gasteiger charge is -2.33. The number of aromatic nitrogens is 5. The molecule has 0 amide bonds. The van der Waals surface area contributed by atoms with Crippen LogP contribution in [0.2, 0.25) is 0 Å². The first-order valence-corrected chi connectivity index (χ1v) is 12.2. The van der Waals surface area contributed by atoms with Crippen molar-refractivity contribution in [3.05, 3.63) is 60.2 Å². The Morgan fingerprint density at radius 2 is 1.77 bits per heavy atom. The molecule has 2 N–H and O–H groups in total. The number of hydrogen-bond acceptors (Lipinski definition) is 8. The van der Waals surface area contributed by atoms with Gasteiger partial charge in [-0.25, -0.2) is 9.97 Å². The summed E-state index contributed by atoms with van der Waals surface area (Å²) in [5.41, 5.74) is 4.22. The third-order valence-corrected chi connectivity index (χ3v) is 7.04. The van der Waals surface area contributed by atoms with Crippen molar-refractivity contribution in [2.45, 2.75) is 33.1 Å². The maximum Gasteiger partial charge on any atom is 0.232 e. The summed E-state index contributed by atoms with van der Waals surface area (Å²) in [4.78, 5) is 21.1. The van der Waals surface area contributed by atoms with Gasteiger partial charge in [0, 0.05) is 68.4 Å². The zero-order valence-corrected chi connectivity index (χ0v) is 20.2. The molecular formula is C26H30N8O. The van der Waals surface area contributed by atoms with Crippen LogP contribution in [0.15, 0.2) is 48.9 Å². The van der Waals surface area contributed by atoms with Crippen molar-refractivity contribution in [1.29, 1.82) is 0 Å². The molecule has 9 nitrogen and oxygen atoms in total. The van der Waals surface area contributed by atoms with Crippen molar-refractivity contribution in [3.8, 4) is 0 Å². The van der Waals surface area contributed by atoms with Gasteiger partial charge in [0.15, 0.2) is 0 Å². The van der Waals surface area contributed by atoms with E-state index in [1.807, 2.05) is 48.0 Å². The number of hydrogen-bond donors (Lipinski definition) is 2. The standard InChI is InChI=1S/C26H30N8O/c1-18-13-19(2)28-21(14-18)30-25-31-22(29-20-3-8-33-10-7-27-23(33)15-20)16-24(32-25)34-9-4-26(17-34)5-11-35-12-6-26/h3,7-8,10,13-16H,4-6,9,11-12,17H2,1-2H3,(H2,28,29,30,31,32). The molecule has 4 aromatic rings. The zero-order valence-electron chi connectivity index (χ0n) is 20.2. The maximum absolute atomic E-state index is 5.63. The normalized spacial score (nSPS) is 17.3. The van der Waals surface area contributed by atoms with Crippen molar-refractivity contribution >= 4 is 34.7 Å². The molecule has 0 aromatic carbocycles. The van der Waals surface area contributed by atoms with Crippen LogP contribution in [0.1, 0.15) is 30.5 Å². The third-order valence-electron chi connectivity index (χ3n) is 7.04. The van der Waals surface area contributed by atoms with Gasteiger partial charge in [-0.1, -0.05) is 0 Å². The molecule has 2 saturated heterocycles. The average molecular weight is 471 g/mol. The molecule has 9 heteroatoms. The van der Waals surface area contributed by atoms with E-state index in [0.717, 1.165) is 79.2 Å². The van der Waals surface area contributed by atoms with Gasteiger partial charge in [-0.15, -0.1) is 0 Å². The van der Waals surface area contributed by atoms with E-state index >= 15 is 0 Å². The number of rotatable bonds is 5. The minimum absolute atomic E-state index is 0.325. The largest absolute Gasteiger partial charge is 0.381 e. The van der Waals surface area contributed by atoms with E-state index in [1.165, 1.54) is 6.42 Å². The molecule has 0 radical (unpaired) electrons. The van der Waals surface area contributed by atoms with E-state index < -0.39 is 0 Å². The molecule has 35 heavy (non-hydrogen) atoms. The van der Waals surface area contributed by atoms with Gasteiger partial charge in [-0.2, -0.15) is 9.97 Å². The van der Waals surface area contributed by atoms with Crippen LogP contribution in [0.3, 0.4) is 0 Å². The molecule has 0 saturated carbocycles. The minimum atomic E-state index is 0.325. The fraction of sp³-hybridized carbons (Fsp3) is 0.385. The highest BCUT2D eigenvalue weighted by Crippen LogP contribution is 2.41. The van der Waals surface area contributed by atoms with Crippen LogP contribution < -0.4 is 15.5 Å². The number of aryl methyl sites for hydroxylation is 2. The summed E-state index contributed by atoms with van der Waals surface area (Å²) >= 11 is 0. The second-order valence-electron chi connectivity index (χ2n) is 9.75. The topological polar surface area (TPSA) is 92.5 Å². The molecule has 6 rings (SSSR count). The number of nitrogens with zero attached hydrogens (tertiary/aromatic N) is 6. The summed E-state index contributed by atoms with van der Waals surface area (Å²) in [6.45, 7) is 7.74. The molecule has 0 bridgehead atoms. The second kappa shape index (κ2) is 8.81. The highest BCUT2D eigenvalue weighted by molar-refractivity contribution is 5.66. The van der Waals surface area contributed by atoms with Crippen molar-refractivity contribution in [3.63, 3.8) is 0 Å². The van der Waals surface area contributed by atoms with Crippen LogP contribution in [0.5, 0.6) is 0 Å². The van der Waals surface area contributed by atoms with Crippen LogP contribution in [0, 0.1) is 19.3 Å². The molecule has 2 aliphatic rings. The van der Waals surface area contributed by atoms with Crippen molar-refractivity contribution in [2.24, 2.45) is 5.41 Å². The van der Waals surface area contributed by atoms with Gasteiger partial charge in [0.1, 0.15) is 23.1 Å². The van der Waals surface area contributed by atoms with Gasteiger partial charge >= 0.3 is 0 Å². The van der Waals surface area contributed by atoms with E-state index in [2.05, 4.69) is 38.5 Å². The van der Waals surface area contributed by atoms with E-state index in [0.29, 0.717) is 11.4 Å². The number of imidazole rings is 1. The average Bonchev–Trinajstić information content (AvgIpc) is 3.46. The lowest BCUT2D eigenvalue weighted by Crippen LogP contribution is -2.33. The molecule has 0 unspecified atom stereocenters. The van der Waals surface area contributed by atoms with Crippen LogP contribution >= 0.6 is 0 Å². The summed E-state index contributed by atoms with van der Waals surface area (Å²) in [5, 5.41) is 6.79. The van der Waals surface area contributed by atoms with Gasteiger partial charge in [0.2, 0.25) is 5.95 Å². The molecule has 2 aliphatic heterocycles. The van der Waals surface area contributed by atoms with Crippen LogP contribution in [-0.2, 0) is 4.74 Å². The third kappa shape index (κ3) is 4.64. The SMILES string of the molecule is Cc1cc(C)nc(Nc2nc(Nc3ccn4ccnc4c3)cc(N3CCC4(CCOCC4)C3)n2)c1. The first-order chi connectivity index (χ1) is 17.0. The van der Waals surface area contributed by atoms with E-state index in [4.69, 9.17) is 14.7 Å². The molecule has 180 valence electrons. The number of nitrogens with one attached hydrogen (secondary N) is 2. The van der Waals surface area contributed by atoms with Crippen molar-refractivity contribution in [1.82, 2.24) is 24.3 Å². The number of anilines is 5. The summed E-state index contributed by atoms with van der Waals surface area (Å²) in [6, 6.07) is 10.1. The Balaban J connectivity index is 1.32. The number of pyridine rings is 2. The highest BCUT2D eigenvalue weighted by Gasteiger charge is 2.40. The van der Waals surface area contributed by atoms with E-state index in [1.54, 1.807) is 6.20 Å².